The Bertz CT molecular complexity index is 977. The van der Waals surface area contributed by atoms with Crippen molar-refractivity contribution in [2.45, 2.75) is 77.7 Å². The summed E-state index contributed by atoms with van der Waals surface area (Å²) >= 11 is 0. The number of carbonyl (C=O) groups is 4. The minimum absolute atomic E-state index is 0.103. The molecular weight excluding hydrogens is 436 g/mol. The van der Waals surface area contributed by atoms with Crippen LogP contribution in [0.2, 0.25) is 0 Å². The topological polar surface area (TPSA) is 107 Å². The van der Waals surface area contributed by atoms with Gasteiger partial charge in [-0.25, -0.2) is 0 Å². The lowest BCUT2D eigenvalue weighted by molar-refractivity contribution is -0.166. The number of ketones is 2. The van der Waals surface area contributed by atoms with Gasteiger partial charge < -0.3 is 14.6 Å². The molecule has 7 heteroatoms. The number of ether oxygens (including phenoxy) is 2. The Balaban J connectivity index is 1.50. The fourth-order valence-electron chi connectivity index (χ4n) is 7.14. The summed E-state index contributed by atoms with van der Waals surface area (Å²) in [6.45, 7) is 5.28. The molecule has 0 heterocycles. The van der Waals surface area contributed by atoms with Crippen LogP contribution in [0.25, 0.3) is 0 Å². The zero-order valence-electron chi connectivity index (χ0n) is 20.6. The van der Waals surface area contributed by atoms with Gasteiger partial charge in [-0.2, -0.15) is 0 Å². The highest BCUT2D eigenvalue weighted by molar-refractivity contribution is 5.92. The second-order valence-corrected chi connectivity index (χ2v) is 11.1. The number of aliphatic hydroxyl groups is 1. The first-order valence-electron chi connectivity index (χ1n) is 12.4. The summed E-state index contributed by atoms with van der Waals surface area (Å²) in [7, 11) is 1.25. The molecule has 0 spiro atoms. The molecule has 4 aliphatic carbocycles. The van der Waals surface area contributed by atoms with Crippen LogP contribution in [0.15, 0.2) is 23.3 Å². The Morgan fingerprint density at radius 1 is 1.18 bits per heavy atom. The van der Waals surface area contributed by atoms with Gasteiger partial charge in [0.05, 0.1) is 19.4 Å². The molecule has 0 aromatic rings. The molecule has 0 aliphatic heterocycles. The summed E-state index contributed by atoms with van der Waals surface area (Å²) in [5.74, 6) is -1.73. The SMILES string of the molecule is COC(=O)CC(C)C(=O)OCC(=O)[C@@]1(O)CCC2C3CCC4=CC(=O)CC[C@]4(C)C3=CC[C@@]21C. The van der Waals surface area contributed by atoms with E-state index in [-0.39, 0.29) is 29.5 Å². The number of Topliss-reactive ketones (excluding diaryl/α,β-unsaturated/α-hetero) is 1. The van der Waals surface area contributed by atoms with E-state index in [0.717, 1.165) is 25.7 Å². The van der Waals surface area contributed by atoms with E-state index in [0.29, 0.717) is 19.3 Å². The Morgan fingerprint density at radius 3 is 2.62 bits per heavy atom. The molecule has 2 saturated carbocycles. The van der Waals surface area contributed by atoms with Crippen LogP contribution >= 0.6 is 0 Å². The number of allylic oxidation sites excluding steroid dienone is 4. The van der Waals surface area contributed by atoms with Crippen molar-refractivity contribution in [3.05, 3.63) is 23.3 Å². The monoisotopic (exact) mass is 472 g/mol. The number of rotatable bonds is 6. The molecule has 0 radical (unpaired) electrons. The van der Waals surface area contributed by atoms with Crippen LogP contribution in [0.1, 0.15) is 72.1 Å². The lowest BCUT2D eigenvalue weighted by atomic mass is 9.50. The van der Waals surface area contributed by atoms with Gasteiger partial charge in [0.25, 0.3) is 0 Å². The lowest BCUT2D eigenvalue weighted by Crippen LogP contribution is -2.55. The molecule has 0 aromatic carbocycles. The minimum atomic E-state index is -1.56. The Morgan fingerprint density at radius 2 is 1.91 bits per heavy atom. The summed E-state index contributed by atoms with van der Waals surface area (Å²) in [6.07, 6.45) is 8.79. The smallest absolute Gasteiger partial charge is 0.309 e. The van der Waals surface area contributed by atoms with Gasteiger partial charge in [-0.3, -0.25) is 19.2 Å². The summed E-state index contributed by atoms with van der Waals surface area (Å²) in [5.41, 5.74) is 0.302. The number of methoxy groups -OCH3 is 1. The molecule has 0 saturated heterocycles. The average Bonchev–Trinajstić information content (AvgIpc) is 3.09. The van der Waals surface area contributed by atoms with E-state index in [1.807, 2.05) is 13.0 Å². The second-order valence-electron chi connectivity index (χ2n) is 11.1. The molecule has 4 aliphatic rings. The number of carbonyl (C=O) groups excluding carboxylic acids is 4. The fraction of sp³-hybridized carbons (Fsp3) is 0.704. The first-order chi connectivity index (χ1) is 16.0. The zero-order valence-corrected chi connectivity index (χ0v) is 20.6. The Hall–Kier alpha value is -2.28. The first-order valence-corrected chi connectivity index (χ1v) is 12.4. The zero-order chi connectivity index (χ0) is 24.9. The molecular formula is C27H36O7. The van der Waals surface area contributed by atoms with Crippen LogP contribution in [0.4, 0.5) is 0 Å². The summed E-state index contributed by atoms with van der Waals surface area (Å²) in [4.78, 5) is 48.9. The quantitative estimate of drug-likeness (QED) is 0.466. The molecule has 1 N–H and O–H groups in total. The summed E-state index contributed by atoms with van der Waals surface area (Å²) in [5, 5.41) is 11.7. The van der Waals surface area contributed by atoms with Crippen LogP contribution in [0.3, 0.4) is 0 Å². The van der Waals surface area contributed by atoms with Gasteiger partial charge in [0.15, 0.2) is 12.4 Å². The highest BCUT2D eigenvalue weighted by atomic mass is 16.5. The van der Waals surface area contributed by atoms with Crippen molar-refractivity contribution in [3.63, 3.8) is 0 Å². The van der Waals surface area contributed by atoms with E-state index in [1.54, 1.807) is 6.92 Å². The van der Waals surface area contributed by atoms with E-state index in [1.165, 1.54) is 18.3 Å². The van der Waals surface area contributed by atoms with Crippen molar-refractivity contribution in [3.8, 4) is 0 Å². The third-order valence-corrected chi connectivity index (χ3v) is 9.40. The third-order valence-electron chi connectivity index (χ3n) is 9.40. The van der Waals surface area contributed by atoms with Crippen LogP contribution < -0.4 is 0 Å². The van der Waals surface area contributed by atoms with Gasteiger partial charge >= 0.3 is 11.9 Å². The van der Waals surface area contributed by atoms with Gasteiger partial charge in [-0.05, 0) is 56.4 Å². The van der Waals surface area contributed by atoms with Crippen LogP contribution in [-0.4, -0.2) is 47.9 Å². The molecule has 0 bridgehead atoms. The van der Waals surface area contributed by atoms with Crippen molar-refractivity contribution in [1.82, 2.24) is 0 Å². The first kappa shape index (κ1) is 24.8. The van der Waals surface area contributed by atoms with Crippen LogP contribution in [0.5, 0.6) is 0 Å². The number of hydrogen-bond donors (Lipinski definition) is 1. The van der Waals surface area contributed by atoms with E-state index < -0.39 is 41.3 Å². The molecule has 186 valence electrons. The lowest BCUT2D eigenvalue weighted by Gasteiger charge is -2.54. The van der Waals surface area contributed by atoms with Crippen molar-refractivity contribution in [2.75, 3.05) is 13.7 Å². The average molecular weight is 473 g/mol. The maximum Gasteiger partial charge on any atom is 0.309 e. The Kier molecular flexibility index (Phi) is 6.38. The van der Waals surface area contributed by atoms with Crippen molar-refractivity contribution < 1.29 is 33.8 Å². The third kappa shape index (κ3) is 3.76. The highest BCUT2D eigenvalue weighted by Gasteiger charge is 2.64. The van der Waals surface area contributed by atoms with Gasteiger partial charge in [-0.15, -0.1) is 0 Å². The van der Waals surface area contributed by atoms with Crippen molar-refractivity contribution >= 4 is 23.5 Å². The van der Waals surface area contributed by atoms with Gasteiger partial charge in [0, 0.05) is 17.3 Å². The molecule has 3 unspecified atom stereocenters. The van der Waals surface area contributed by atoms with Gasteiger partial charge in [0.2, 0.25) is 5.78 Å². The predicted octanol–water partition coefficient (Wildman–Crippen LogP) is 3.48. The largest absolute Gasteiger partial charge is 0.469 e. The highest BCUT2D eigenvalue weighted by Crippen LogP contribution is 2.65. The van der Waals surface area contributed by atoms with Gasteiger partial charge in [0.1, 0.15) is 5.60 Å². The minimum Gasteiger partial charge on any atom is -0.469 e. The molecule has 2 fully saturated rings. The Labute approximate surface area is 200 Å². The van der Waals surface area contributed by atoms with E-state index in [9.17, 15) is 24.3 Å². The molecule has 0 aromatic heterocycles. The maximum atomic E-state index is 13.2. The standard InChI is InChI=1S/C27H36O7/c1-16(13-23(30)33-4)24(31)34-15-22(29)27(32)12-9-21-19-6-5-17-14-18(28)7-10-25(17,2)20(19)8-11-26(21,27)3/h8,14,16,19,21,32H,5-7,9-13,15H2,1-4H3/t16?,19?,21?,25-,26-,27-/m0/s1. The van der Waals surface area contributed by atoms with Crippen LogP contribution in [0, 0.1) is 28.6 Å². The molecule has 34 heavy (non-hydrogen) atoms. The summed E-state index contributed by atoms with van der Waals surface area (Å²) < 4.78 is 9.78. The van der Waals surface area contributed by atoms with E-state index in [2.05, 4.69) is 17.7 Å². The number of hydrogen-bond acceptors (Lipinski definition) is 7. The molecule has 4 rings (SSSR count). The van der Waals surface area contributed by atoms with Gasteiger partial charge in [-0.1, -0.05) is 38.0 Å². The van der Waals surface area contributed by atoms with Crippen molar-refractivity contribution in [1.29, 1.82) is 0 Å². The van der Waals surface area contributed by atoms with Crippen LogP contribution in [-0.2, 0) is 28.7 Å². The molecule has 7 nitrogen and oxygen atoms in total. The molecule has 6 atom stereocenters. The maximum absolute atomic E-state index is 13.2. The van der Waals surface area contributed by atoms with E-state index >= 15 is 0 Å². The van der Waals surface area contributed by atoms with E-state index in [4.69, 9.17) is 4.74 Å². The van der Waals surface area contributed by atoms with Crippen molar-refractivity contribution in [2.24, 2.45) is 28.6 Å². The number of esters is 2. The summed E-state index contributed by atoms with van der Waals surface area (Å²) in [6, 6.07) is 0. The number of fused-ring (bicyclic) bond motifs is 5. The fourth-order valence-corrected chi connectivity index (χ4v) is 7.14. The second kappa shape index (κ2) is 8.74. The predicted molar refractivity (Wildman–Crippen MR) is 123 cm³/mol. The normalized spacial score (nSPS) is 37.4. The molecule has 0 amide bonds.